The van der Waals surface area contributed by atoms with Crippen molar-refractivity contribution in [3.8, 4) is 55.6 Å². The van der Waals surface area contributed by atoms with Crippen LogP contribution < -0.4 is 11.5 Å². The van der Waals surface area contributed by atoms with E-state index >= 15 is 0 Å². The van der Waals surface area contributed by atoms with Crippen molar-refractivity contribution < 1.29 is 0 Å². The van der Waals surface area contributed by atoms with E-state index in [2.05, 4.69) is 149 Å². The maximum atomic E-state index is 7.17. The van der Waals surface area contributed by atoms with E-state index in [-0.39, 0.29) is 0 Å². The summed E-state index contributed by atoms with van der Waals surface area (Å²) in [6, 6.07) is 43.0. The summed E-state index contributed by atoms with van der Waals surface area (Å²) in [6.07, 6.45) is 0. The lowest BCUT2D eigenvalue weighted by atomic mass is 9.85. The third-order valence-corrected chi connectivity index (χ3v) is 8.05. The average molecular weight is 545 g/mol. The molecule has 206 valence electrons. The Labute approximate surface area is 249 Å². The van der Waals surface area contributed by atoms with E-state index in [1.807, 2.05) is 0 Å². The first-order valence-corrected chi connectivity index (χ1v) is 14.4. The van der Waals surface area contributed by atoms with Crippen LogP contribution in [0.25, 0.3) is 55.6 Å². The Bertz CT molecular complexity index is 1800. The Morgan fingerprint density at radius 3 is 0.952 bits per heavy atom. The summed E-state index contributed by atoms with van der Waals surface area (Å²) >= 11 is 0. The van der Waals surface area contributed by atoms with Crippen LogP contribution >= 0.6 is 0 Å². The van der Waals surface area contributed by atoms with Crippen molar-refractivity contribution in [1.82, 2.24) is 0 Å². The predicted molar refractivity (Wildman–Crippen MR) is 181 cm³/mol. The van der Waals surface area contributed by atoms with Crippen LogP contribution in [0.15, 0.2) is 121 Å². The number of rotatable bonds is 5. The molecule has 4 N–H and O–H groups in total. The van der Waals surface area contributed by atoms with Crippen LogP contribution in [0.1, 0.15) is 22.3 Å². The second-order valence-corrected chi connectivity index (χ2v) is 11.4. The minimum Gasteiger partial charge on any atom is -0.398 e. The quantitative estimate of drug-likeness (QED) is 0.212. The smallest absolute Gasteiger partial charge is 0.0480 e. The molecule has 0 aromatic heterocycles. The summed E-state index contributed by atoms with van der Waals surface area (Å²) in [5.74, 6) is 0. The highest BCUT2D eigenvalue weighted by molar-refractivity contribution is 6.04. The largest absolute Gasteiger partial charge is 0.398 e. The van der Waals surface area contributed by atoms with Crippen molar-refractivity contribution in [3.05, 3.63) is 144 Å². The lowest BCUT2D eigenvalue weighted by Gasteiger charge is -2.21. The first-order chi connectivity index (χ1) is 20.3. The Balaban J connectivity index is 1.63. The molecule has 42 heavy (non-hydrogen) atoms. The number of nitrogen functional groups attached to an aromatic ring is 2. The topological polar surface area (TPSA) is 52.0 Å². The Morgan fingerprint density at radius 2 is 0.619 bits per heavy atom. The molecule has 0 fully saturated rings. The van der Waals surface area contributed by atoms with Gasteiger partial charge >= 0.3 is 0 Å². The zero-order valence-electron chi connectivity index (χ0n) is 24.7. The van der Waals surface area contributed by atoms with Gasteiger partial charge in [0.05, 0.1) is 0 Å². The second kappa shape index (κ2) is 11.1. The fourth-order valence-electron chi connectivity index (χ4n) is 6.04. The number of hydrogen-bond acceptors (Lipinski definition) is 2. The highest BCUT2D eigenvalue weighted by atomic mass is 14.6. The highest BCUT2D eigenvalue weighted by Crippen LogP contribution is 2.47. The van der Waals surface area contributed by atoms with Crippen molar-refractivity contribution >= 4 is 11.4 Å². The third-order valence-electron chi connectivity index (χ3n) is 8.05. The summed E-state index contributed by atoms with van der Waals surface area (Å²) in [5.41, 5.74) is 31.2. The van der Waals surface area contributed by atoms with Gasteiger partial charge in [0, 0.05) is 33.6 Å². The van der Waals surface area contributed by atoms with Gasteiger partial charge in [-0.1, -0.05) is 144 Å². The maximum absolute atomic E-state index is 7.17. The molecular formula is C40H36N2. The molecule has 0 aliphatic rings. The molecule has 2 nitrogen and oxygen atoms in total. The summed E-state index contributed by atoms with van der Waals surface area (Å²) < 4.78 is 0. The van der Waals surface area contributed by atoms with Gasteiger partial charge in [0.2, 0.25) is 0 Å². The molecule has 0 amide bonds. The fraction of sp³-hybridized carbons (Fsp3) is 0.100. The zero-order valence-corrected chi connectivity index (χ0v) is 24.7. The molecule has 0 saturated heterocycles. The maximum Gasteiger partial charge on any atom is 0.0480 e. The third kappa shape index (κ3) is 5.08. The molecule has 6 aromatic rings. The van der Waals surface area contributed by atoms with Crippen LogP contribution in [0.5, 0.6) is 0 Å². The van der Waals surface area contributed by atoms with Gasteiger partial charge in [0.25, 0.3) is 0 Å². The van der Waals surface area contributed by atoms with Gasteiger partial charge in [-0.2, -0.15) is 0 Å². The van der Waals surface area contributed by atoms with Crippen molar-refractivity contribution in [2.24, 2.45) is 0 Å². The molecule has 2 heteroatoms. The lowest BCUT2D eigenvalue weighted by molar-refractivity contribution is 1.44. The van der Waals surface area contributed by atoms with Crippen molar-refractivity contribution in [1.29, 1.82) is 0 Å². The predicted octanol–water partition coefficient (Wildman–Crippen LogP) is 10.4. The Morgan fingerprint density at radius 1 is 0.333 bits per heavy atom. The standard InChI is InChI=1S/C40H36N2/c1-25-9-5-13-29(21-25)33-17-19-35(39(41)37(33)31-15-7-11-27(3)23-31)36-20-18-34(30-14-6-10-26(2)22-30)38(40(36)42)32-16-8-12-28(4)24-32/h5-24H,41-42H2,1-4H3. The molecular weight excluding hydrogens is 508 g/mol. The van der Waals surface area contributed by atoms with Crippen LogP contribution in [-0.2, 0) is 0 Å². The van der Waals surface area contributed by atoms with Gasteiger partial charge in [-0.05, 0) is 61.1 Å². The molecule has 0 aliphatic heterocycles. The molecule has 0 unspecified atom stereocenters. The van der Waals surface area contributed by atoms with E-state index in [1.54, 1.807) is 0 Å². The van der Waals surface area contributed by atoms with E-state index in [4.69, 9.17) is 11.5 Å². The number of nitrogens with two attached hydrogens (primary N) is 2. The summed E-state index contributed by atoms with van der Waals surface area (Å²) in [6.45, 7) is 8.48. The van der Waals surface area contributed by atoms with Crippen LogP contribution in [0, 0.1) is 27.7 Å². The van der Waals surface area contributed by atoms with E-state index in [1.165, 1.54) is 22.3 Å². The van der Waals surface area contributed by atoms with Gasteiger partial charge in [0.1, 0.15) is 0 Å². The SMILES string of the molecule is Cc1cccc(-c2ccc(-c3ccc(-c4cccc(C)c4)c(-c4cccc(C)c4)c3N)c(N)c2-c2cccc(C)c2)c1. The summed E-state index contributed by atoms with van der Waals surface area (Å²) in [5, 5.41) is 0. The van der Waals surface area contributed by atoms with Gasteiger partial charge < -0.3 is 11.5 Å². The molecule has 0 bridgehead atoms. The molecule has 6 aromatic carbocycles. The summed E-state index contributed by atoms with van der Waals surface area (Å²) in [7, 11) is 0. The number of anilines is 2. The van der Waals surface area contributed by atoms with Crippen LogP contribution in [0.2, 0.25) is 0 Å². The van der Waals surface area contributed by atoms with Gasteiger partial charge in [-0.25, -0.2) is 0 Å². The molecule has 6 rings (SSSR count). The molecule has 0 radical (unpaired) electrons. The van der Waals surface area contributed by atoms with E-state index in [0.29, 0.717) is 0 Å². The van der Waals surface area contributed by atoms with Gasteiger partial charge in [0.15, 0.2) is 0 Å². The minimum absolute atomic E-state index is 0.727. The Hall–Kier alpha value is -5.08. The van der Waals surface area contributed by atoms with Gasteiger partial charge in [-0.3, -0.25) is 0 Å². The number of aryl methyl sites for hydroxylation is 4. The second-order valence-electron chi connectivity index (χ2n) is 11.4. The zero-order chi connectivity index (χ0) is 29.4. The van der Waals surface area contributed by atoms with Crippen molar-refractivity contribution in [2.45, 2.75) is 27.7 Å². The lowest BCUT2D eigenvalue weighted by Crippen LogP contribution is -2.02. The fourth-order valence-corrected chi connectivity index (χ4v) is 6.04. The first-order valence-electron chi connectivity index (χ1n) is 14.4. The highest BCUT2D eigenvalue weighted by Gasteiger charge is 2.21. The van der Waals surface area contributed by atoms with Crippen molar-refractivity contribution in [3.63, 3.8) is 0 Å². The number of benzene rings is 6. The number of hydrogen-bond donors (Lipinski definition) is 2. The Kier molecular flexibility index (Phi) is 7.14. The molecule has 0 aliphatic carbocycles. The monoisotopic (exact) mass is 544 g/mol. The molecule has 0 spiro atoms. The van der Waals surface area contributed by atoms with Crippen LogP contribution in [0.4, 0.5) is 11.4 Å². The summed E-state index contributed by atoms with van der Waals surface area (Å²) in [4.78, 5) is 0. The minimum atomic E-state index is 0.727. The molecule has 0 saturated carbocycles. The normalized spacial score (nSPS) is 11.0. The van der Waals surface area contributed by atoms with E-state index < -0.39 is 0 Å². The first kappa shape index (κ1) is 27.1. The average Bonchev–Trinajstić information content (AvgIpc) is 2.97. The van der Waals surface area contributed by atoms with Gasteiger partial charge in [-0.15, -0.1) is 0 Å². The van der Waals surface area contributed by atoms with Crippen LogP contribution in [0.3, 0.4) is 0 Å². The molecule has 0 atom stereocenters. The van der Waals surface area contributed by atoms with E-state index in [0.717, 1.165) is 67.0 Å². The van der Waals surface area contributed by atoms with E-state index in [9.17, 15) is 0 Å². The van der Waals surface area contributed by atoms with Crippen LogP contribution in [-0.4, -0.2) is 0 Å². The van der Waals surface area contributed by atoms with Crippen molar-refractivity contribution in [2.75, 3.05) is 11.5 Å². The molecule has 0 heterocycles.